The molecule has 2 aromatic rings. The molecule has 0 radical (unpaired) electrons. The fourth-order valence-corrected chi connectivity index (χ4v) is 4.98. The van der Waals surface area contributed by atoms with Crippen molar-refractivity contribution in [3.05, 3.63) is 63.1 Å². The lowest BCUT2D eigenvalue weighted by molar-refractivity contribution is -0.142. The third-order valence-corrected chi connectivity index (χ3v) is 7.15. The van der Waals surface area contributed by atoms with Gasteiger partial charge in [-0.15, -0.1) is 0 Å². The summed E-state index contributed by atoms with van der Waals surface area (Å²) in [6.07, 6.45) is 6.72. The van der Waals surface area contributed by atoms with Crippen LogP contribution in [-0.4, -0.2) is 35.4 Å². The first-order valence-electron chi connectivity index (χ1n) is 12.3. The number of nitrogens with one attached hydrogen (secondary N) is 1. The van der Waals surface area contributed by atoms with E-state index in [-0.39, 0.29) is 30.8 Å². The molecular weight excluding hydrogens is 507 g/mol. The smallest absolute Gasteiger partial charge is 0.243 e. The Balaban J connectivity index is 1.67. The maximum absolute atomic E-state index is 13.4. The molecule has 0 bridgehead atoms. The molecule has 35 heavy (non-hydrogen) atoms. The number of nitrogens with zero attached hydrogens (tertiary/aromatic N) is 1. The molecule has 2 amide bonds. The topological polar surface area (TPSA) is 58.6 Å². The summed E-state index contributed by atoms with van der Waals surface area (Å²) < 4.78 is 5.73. The average molecular weight is 540 g/mol. The van der Waals surface area contributed by atoms with E-state index >= 15 is 0 Å². The molecule has 1 fully saturated rings. The number of carbonyl (C=O) groups is 2. The van der Waals surface area contributed by atoms with Gasteiger partial charge in [0.2, 0.25) is 11.8 Å². The third kappa shape index (κ3) is 8.59. The summed E-state index contributed by atoms with van der Waals surface area (Å²) in [5.41, 5.74) is 0.755. The van der Waals surface area contributed by atoms with Gasteiger partial charge in [-0.1, -0.05) is 67.1 Å². The summed E-state index contributed by atoms with van der Waals surface area (Å²) in [7, 11) is 0. The van der Waals surface area contributed by atoms with E-state index in [1.165, 1.54) is 6.42 Å². The van der Waals surface area contributed by atoms with Gasteiger partial charge < -0.3 is 15.0 Å². The average Bonchev–Trinajstić information content (AvgIpc) is 2.84. The standard InChI is InChI=1S/C27H33Cl3N2O3/c1-2-25(27(34)31-22-7-4-3-5-8-22)32(18-19-10-11-21(29)17-24(19)30)26(33)9-6-16-35-23-14-12-20(28)13-15-23/h10-15,17,22,25H,2-9,16,18H2,1H3,(H,31,34)/t25-/m1/s1. The molecule has 5 nitrogen and oxygen atoms in total. The van der Waals surface area contributed by atoms with Crippen LogP contribution in [0.1, 0.15) is 63.9 Å². The summed E-state index contributed by atoms with van der Waals surface area (Å²) in [6, 6.07) is 11.9. The molecule has 2 aromatic carbocycles. The van der Waals surface area contributed by atoms with Crippen LogP contribution in [0.4, 0.5) is 0 Å². The van der Waals surface area contributed by atoms with Crippen LogP contribution in [0.5, 0.6) is 5.75 Å². The number of rotatable bonds is 11. The molecular formula is C27H33Cl3N2O3. The minimum atomic E-state index is -0.576. The van der Waals surface area contributed by atoms with Crippen molar-refractivity contribution in [1.29, 1.82) is 0 Å². The van der Waals surface area contributed by atoms with Gasteiger partial charge in [0.15, 0.2) is 0 Å². The maximum Gasteiger partial charge on any atom is 0.243 e. The predicted molar refractivity (Wildman–Crippen MR) is 142 cm³/mol. The van der Waals surface area contributed by atoms with E-state index in [0.29, 0.717) is 40.3 Å². The van der Waals surface area contributed by atoms with Crippen molar-refractivity contribution in [1.82, 2.24) is 10.2 Å². The van der Waals surface area contributed by atoms with Gasteiger partial charge in [-0.3, -0.25) is 9.59 Å². The lowest BCUT2D eigenvalue weighted by atomic mass is 9.95. The largest absolute Gasteiger partial charge is 0.494 e. The summed E-state index contributed by atoms with van der Waals surface area (Å²) in [4.78, 5) is 28.3. The molecule has 190 valence electrons. The number of halogens is 3. The number of benzene rings is 2. The highest BCUT2D eigenvalue weighted by atomic mass is 35.5. The van der Waals surface area contributed by atoms with Gasteiger partial charge >= 0.3 is 0 Å². The molecule has 1 N–H and O–H groups in total. The van der Waals surface area contributed by atoms with Crippen LogP contribution in [0, 0.1) is 0 Å². The van der Waals surface area contributed by atoms with E-state index in [9.17, 15) is 9.59 Å². The Morgan fingerprint density at radius 2 is 1.71 bits per heavy atom. The van der Waals surface area contributed by atoms with Gasteiger partial charge in [-0.2, -0.15) is 0 Å². The highest BCUT2D eigenvalue weighted by molar-refractivity contribution is 6.35. The normalized spacial score (nSPS) is 14.9. The van der Waals surface area contributed by atoms with Crippen LogP contribution in [0.3, 0.4) is 0 Å². The first-order chi connectivity index (χ1) is 16.9. The number of carbonyl (C=O) groups excluding carboxylic acids is 2. The van der Waals surface area contributed by atoms with Crippen molar-refractivity contribution in [2.24, 2.45) is 0 Å². The molecule has 0 unspecified atom stereocenters. The Bertz CT molecular complexity index is 978. The number of hydrogen-bond acceptors (Lipinski definition) is 3. The lowest BCUT2D eigenvalue weighted by Crippen LogP contribution is -2.51. The van der Waals surface area contributed by atoms with E-state index in [4.69, 9.17) is 39.5 Å². The molecule has 0 heterocycles. The van der Waals surface area contributed by atoms with Crippen LogP contribution in [0.25, 0.3) is 0 Å². The Labute approximate surface area is 223 Å². The quantitative estimate of drug-likeness (QED) is 0.311. The summed E-state index contributed by atoms with van der Waals surface area (Å²) >= 11 is 18.4. The van der Waals surface area contributed by atoms with Crippen molar-refractivity contribution in [3.8, 4) is 5.75 Å². The molecule has 0 aliphatic heterocycles. The van der Waals surface area contributed by atoms with Crippen LogP contribution >= 0.6 is 34.8 Å². The minimum Gasteiger partial charge on any atom is -0.494 e. The SMILES string of the molecule is CC[C@H](C(=O)NC1CCCCC1)N(Cc1ccc(Cl)cc1Cl)C(=O)CCCOc1ccc(Cl)cc1. The summed E-state index contributed by atoms with van der Waals surface area (Å²) in [5, 5.41) is 4.83. The van der Waals surface area contributed by atoms with Crippen molar-refractivity contribution in [2.75, 3.05) is 6.61 Å². The fraction of sp³-hybridized carbons (Fsp3) is 0.481. The van der Waals surface area contributed by atoms with Gasteiger partial charge in [-0.05, 0) is 67.6 Å². The fourth-order valence-electron chi connectivity index (χ4n) is 4.39. The van der Waals surface area contributed by atoms with E-state index in [2.05, 4.69) is 5.32 Å². The first kappa shape index (κ1) is 27.6. The van der Waals surface area contributed by atoms with Gasteiger partial charge in [0.25, 0.3) is 0 Å². The van der Waals surface area contributed by atoms with Crippen molar-refractivity contribution >= 4 is 46.6 Å². The van der Waals surface area contributed by atoms with Gasteiger partial charge in [-0.25, -0.2) is 0 Å². The van der Waals surface area contributed by atoms with Gasteiger partial charge in [0.1, 0.15) is 11.8 Å². The zero-order chi connectivity index (χ0) is 25.2. The number of amides is 2. The molecule has 1 aliphatic rings. The highest BCUT2D eigenvalue weighted by Gasteiger charge is 2.30. The molecule has 1 atom stereocenters. The second-order valence-electron chi connectivity index (χ2n) is 8.93. The van der Waals surface area contributed by atoms with E-state index in [1.54, 1.807) is 47.4 Å². The zero-order valence-electron chi connectivity index (χ0n) is 20.1. The second-order valence-corrected chi connectivity index (χ2v) is 10.2. The number of ether oxygens (including phenoxy) is 1. The molecule has 3 rings (SSSR count). The Hall–Kier alpha value is -1.95. The van der Waals surface area contributed by atoms with Gasteiger partial charge in [0.05, 0.1) is 6.61 Å². The molecule has 0 spiro atoms. The maximum atomic E-state index is 13.4. The molecule has 0 aromatic heterocycles. The molecule has 0 saturated heterocycles. The van der Waals surface area contributed by atoms with Gasteiger partial charge in [0, 0.05) is 34.1 Å². The lowest BCUT2D eigenvalue weighted by Gasteiger charge is -2.33. The highest BCUT2D eigenvalue weighted by Crippen LogP contribution is 2.25. The zero-order valence-corrected chi connectivity index (χ0v) is 22.3. The molecule has 8 heteroatoms. The summed E-state index contributed by atoms with van der Waals surface area (Å²) in [6.45, 7) is 2.55. The Kier molecular flexibility index (Phi) is 11.0. The number of hydrogen-bond donors (Lipinski definition) is 1. The van der Waals surface area contributed by atoms with Crippen molar-refractivity contribution in [2.45, 2.75) is 76.9 Å². The third-order valence-electron chi connectivity index (χ3n) is 6.31. The van der Waals surface area contributed by atoms with Crippen LogP contribution in [-0.2, 0) is 16.1 Å². The Morgan fingerprint density at radius 3 is 2.37 bits per heavy atom. The molecule has 1 saturated carbocycles. The summed E-state index contributed by atoms with van der Waals surface area (Å²) in [5.74, 6) is 0.488. The van der Waals surface area contributed by atoms with E-state index in [0.717, 1.165) is 31.2 Å². The first-order valence-corrected chi connectivity index (χ1v) is 13.4. The van der Waals surface area contributed by atoms with Crippen LogP contribution in [0.15, 0.2) is 42.5 Å². The Morgan fingerprint density at radius 1 is 1.03 bits per heavy atom. The van der Waals surface area contributed by atoms with Crippen LogP contribution < -0.4 is 10.1 Å². The predicted octanol–water partition coefficient (Wildman–Crippen LogP) is 7.06. The second kappa shape index (κ2) is 14.0. The van der Waals surface area contributed by atoms with Crippen molar-refractivity contribution in [3.63, 3.8) is 0 Å². The molecule has 1 aliphatic carbocycles. The minimum absolute atomic E-state index is 0.102. The monoisotopic (exact) mass is 538 g/mol. The van der Waals surface area contributed by atoms with E-state index in [1.807, 2.05) is 6.92 Å². The van der Waals surface area contributed by atoms with Crippen molar-refractivity contribution < 1.29 is 14.3 Å². The van der Waals surface area contributed by atoms with E-state index < -0.39 is 6.04 Å². The van der Waals surface area contributed by atoms with Crippen LogP contribution in [0.2, 0.25) is 15.1 Å².